The monoisotopic (exact) mass is 332 g/mol. The van der Waals surface area contributed by atoms with Crippen molar-refractivity contribution in [2.75, 3.05) is 0 Å². The van der Waals surface area contributed by atoms with Gasteiger partial charge in [0.05, 0.1) is 0 Å². The molecule has 0 heterocycles. The second kappa shape index (κ2) is 7.69. The molecule has 0 unspecified atom stereocenters. The van der Waals surface area contributed by atoms with Crippen molar-refractivity contribution in [3.8, 4) is 0 Å². The van der Waals surface area contributed by atoms with Gasteiger partial charge >= 0.3 is 6.09 Å². The lowest BCUT2D eigenvalue weighted by atomic mass is 9.83. The molecule has 2 rings (SSSR count). The van der Waals surface area contributed by atoms with Crippen LogP contribution in [0.4, 0.5) is 4.79 Å². The van der Waals surface area contributed by atoms with Crippen molar-refractivity contribution in [2.45, 2.75) is 70.6 Å². The van der Waals surface area contributed by atoms with Gasteiger partial charge in [-0.25, -0.2) is 4.79 Å². The van der Waals surface area contributed by atoms with Gasteiger partial charge in [-0.15, -0.1) is 0 Å². The van der Waals surface area contributed by atoms with Crippen LogP contribution in [0.2, 0.25) is 0 Å². The number of amides is 2. The Labute approximate surface area is 144 Å². The quantitative estimate of drug-likeness (QED) is 0.886. The maximum Gasteiger partial charge on any atom is 0.408 e. The van der Waals surface area contributed by atoms with Crippen LogP contribution in [0.5, 0.6) is 0 Å². The number of ether oxygens (including phenoxy) is 1. The maximum atomic E-state index is 12.8. The maximum absolute atomic E-state index is 12.8. The van der Waals surface area contributed by atoms with Crippen LogP contribution in [0, 0.1) is 0 Å². The van der Waals surface area contributed by atoms with E-state index in [1.54, 1.807) is 0 Å². The number of carbonyl (C=O) groups is 2. The number of benzene rings is 1. The summed E-state index contributed by atoms with van der Waals surface area (Å²) in [5.74, 6) is -0.199. The van der Waals surface area contributed by atoms with Crippen LogP contribution in [0.1, 0.15) is 58.4 Å². The van der Waals surface area contributed by atoms with E-state index in [4.69, 9.17) is 4.74 Å². The van der Waals surface area contributed by atoms with Crippen molar-refractivity contribution in [1.29, 1.82) is 0 Å². The van der Waals surface area contributed by atoms with Crippen LogP contribution < -0.4 is 10.6 Å². The average Bonchev–Trinajstić information content (AvgIpc) is 2.52. The summed E-state index contributed by atoms with van der Waals surface area (Å²) < 4.78 is 5.64. The molecule has 1 aliphatic carbocycles. The molecule has 1 aromatic rings. The fourth-order valence-electron chi connectivity index (χ4n) is 2.95. The predicted octanol–water partition coefficient (Wildman–Crippen LogP) is 3.53. The highest BCUT2D eigenvalue weighted by Crippen LogP contribution is 2.32. The molecule has 132 valence electrons. The van der Waals surface area contributed by atoms with E-state index in [-0.39, 0.29) is 5.91 Å². The van der Waals surface area contributed by atoms with Crippen molar-refractivity contribution in [1.82, 2.24) is 10.6 Å². The minimum Gasteiger partial charge on any atom is -0.433 e. The first-order valence-electron chi connectivity index (χ1n) is 8.64. The lowest BCUT2D eigenvalue weighted by Crippen LogP contribution is -2.54. The van der Waals surface area contributed by atoms with E-state index in [0.717, 1.165) is 24.8 Å². The van der Waals surface area contributed by atoms with Crippen molar-refractivity contribution < 1.29 is 14.3 Å². The van der Waals surface area contributed by atoms with Crippen LogP contribution in [0.25, 0.3) is 0 Å². The Morgan fingerprint density at radius 1 is 1.08 bits per heavy atom. The lowest BCUT2D eigenvalue weighted by molar-refractivity contribution is -0.143. The standard InChI is InChI=1S/C19H28N2O3/c1-18(2,3)21-17(23)24-19(12-8-5-9-13-19)16(22)20-14-15-10-6-4-7-11-15/h4,6-7,10-11H,5,8-9,12-14H2,1-3H3,(H,20,22)(H,21,23). The Morgan fingerprint density at radius 3 is 2.29 bits per heavy atom. The van der Waals surface area contributed by atoms with Crippen LogP contribution >= 0.6 is 0 Å². The van der Waals surface area contributed by atoms with E-state index in [0.29, 0.717) is 19.4 Å². The van der Waals surface area contributed by atoms with Gasteiger partial charge < -0.3 is 15.4 Å². The molecule has 0 radical (unpaired) electrons. The number of alkyl carbamates (subject to hydrolysis) is 1. The summed E-state index contributed by atoms with van der Waals surface area (Å²) >= 11 is 0. The third-order valence-corrected chi connectivity index (χ3v) is 4.14. The van der Waals surface area contributed by atoms with Crippen LogP contribution in [-0.4, -0.2) is 23.1 Å². The topological polar surface area (TPSA) is 67.4 Å². The van der Waals surface area contributed by atoms with Crippen LogP contribution in [0.3, 0.4) is 0 Å². The molecule has 1 saturated carbocycles. The average molecular weight is 332 g/mol. The SMILES string of the molecule is CC(C)(C)NC(=O)OC1(C(=O)NCc2ccccc2)CCCCC1. The van der Waals surface area contributed by atoms with Gasteiger partial charge in [0.2, 0.25) is 0 Å². The molecule has 0 bridgehead atoms. The minimum atomic E-state index is -1.05. The molecule has 1 fully saturated rings. The molecule has 0 aromatic heterocycles. The van der Waals surface area contributed by atoms with Gasteiger partial charge in [-0.3, -0.25) is 4.79 Å². The van der Waals surface area contributed by atoms with E-state index in [9.17, 15) is 9.59 Å². The molecule has 2 amide bonds. The normalized spacial score (nSPS) is 17.0. The van der Waals surface area contributed by atoms with E-state index in [1.165, 1.54) is 0 Å². The number of hydrogen-bond donors (Lipinski definition) is 2. The summed E-state index contributed by atoms with van der Waals surface area (Å²) in [6, 6.07) is 9.73. The largest absolute Gasteiger partial charge is 0.433 e. The number of carbonyl (C=O) groups excluding carboxylic acids is 2. The molecule has 1 aromatic carbocycles. The summed E-state index contributed by atoms with van der Waals surface area (Å²) in [6.07, 6.45) is 3.47. The molecular formula is C19H28N2O3. The number of hydrogen-bond acceptors (Lipinski definition) is 3. The van der Waals surface area contributed by atoms with Gasteiger partial charge in [0.15, 0.2) is 5.60 Å². The zero-order chi connectivity index (χ0) is 17.6. The summed E-state index contributed by atoms with van der Waals surface area (Å²) in [4.78, 5) is 25.0. The van der Waals surface area contributed by atoms with Crippen molar-refractivity contribution in [3.05, 3.63) is 35.9 Å². The summed E-state index contributed by atoms with van der Waals surface area (Å²) in [5, 5.41) is 5.71. The summed E-state index contributed by atoms with van der Waals surface area (Å²) in [6.45, 7) is 6.09. The fourth-order valence-corrected chi connectivity index (χ4v) is 2.95. The first kappa shape index (κ1) is 18.3. The van der Waals surface area contributed by atoms with Crippen molar-refractivity contribution in [2.24, 2.45) is 0 Å². The molecule has 0 spiro atoms. The molecule has 0 atom stereocenters. The summed E-state index contributed by atoms with van der Waals surface area (Å²) in [5.41, 5.74) is -0.425. The van der Waals surface area contributed by atoms with Gasteiger partial charge in [0.25, 0.3) is 5.91 Å². The van der Waals surface area contributed by atoms with Gasteiger partial charge in [-0.05, 0) is 52.0 Å². The molecule has 1 aliphatic rings. The molecule has 0 aliphatic heterocycles. The minimum absolute atomic E-state index is 0.199. The lowest BCUT2D eigenvalue weighted by Gasteiger charge is -2.36. The number of rotatable bonds is 4. The molecule has 5 heteroatoms. The Balaban J connectivity index is 2.03. The fraction of sp³-hybridized carbons (Fsp3) is 0.579. The van der Waals surface area contributed by atoms with Crippen LogP contribution in [0.15, 0.2) is 30.3 Å². The first-order valence-corrected chi connectivity index (χ1v) is 8.64. The van der Waals surface area contributed by atoms with Gasteiger partial charge in [-0.2, -0.15) is 0 Å². The zero-order valence-electron chi connectivity index (χ0n) is 14.9. The highest BCUT2D eigenvalue weighted by Gasteiger charge is 2.43. The second-order valence-electron chi connectivity index (χ2n) is 7.49. The van der Waals surface area contributed by atoms with Crippen molar-refractivity contribution >= 4 is 12.0 Å². The van der Waals surface area contributed by atoms with Gasteiger partial charge in [0.1, 0.15) is 0 Å². The van der Waals surface area contributed by atoms with Crippen molar-refractivity contribution in [3.63, 3.8) is 0 Å². The Bertz CT molecular complexity index is 558. The van der Waals surface area contributed by atoms with Gasteiger partial charge in [-0.1, -0.05) is 36.8 Å². The Kier molecular flexibility index (Phi) is 5.86. The molecule has 5 nitrogen and oxygen atoms in total. The Morgan fingerprint density at radius 2 is 1.71 bits per heavy atom. The van der Waals surface area contributed by atoms with Crippen LogP contribution in [-0.2, 0) is 16.1 Å². The van der Waals surface area contributed by atoms with E-state index in [2.05, 4.69) is 10.6 Å². The zero-order valence-corrected chi connectivity index (χ0v) is 14.9. The first-order chi connectivity index (χ1) is 11.3. The predicted molar refractivity (Wildman–Crippen MR) is 93.5 cm³/mol. The third kappa shape index (κ3) is 5.25. The molecule has 0 saturated heterocycles. The molecular weight excluding hydrogens is 304 g/mol. The smallest absolute Gasteiger partial charge is 0.408 e. The molecule has 24 heavy (non-hydrogen) atoms. The third-order valence-electron chi connectivity index (χ3n) is 4.14. The molecule has 2 N–H and O–H groups in total. The number of nitrogens with one attached hydrogen (secondary N) is 2. The highest BCUT2D eigenvalue weighted by atomic mass is 16.6. The van der Waals surface area contributed by atoms with Gasteiger partial charge in [0, 0.05) is 12.1 Å². The Hall–Kier alpha value is -2.04. The summed E-state index contributed by atoms with van der Waals surface area (Å²) in [7, 11) is 0. The highest BCUT2D eigenvalue weighted by molar-refractivity contribution is 5.87. The van der Waals surface area contributed by atoms with E-state index in [1.807, 2.05) is 51.1 Å². The van der Waals surface area contributed by atoms with E-state index >= 15 is 0 Å². The van der Waals surface area contributed by atoms with E-state index < -0.39 is 17.2 Å². The second-order valence-corrected chi connectivity index (χ2v) is 7.49.